The normalized spacial score (nSPS) is 17.7. The molecule has 8 nitrogen and oxygen atoms in total. The van der Waals surface area contributed by atoms with Crippen molar-refractivity contribution in [2.75, 3.05) is 11.9 Å². The first-order chi connectivity index (χ1) is 13.4. The number of imidazole rings is 1. The molecule has 9 heteroatoms. The molecule has 0 saturated carbocycles. The fourth-order valence-electron chi connectivity index (χ4n) is 3.40. The number of sulfonamides is 1. The number of hydrogen-bond donors (Lipinski definition) is 1. The molecule has 1 atom stereocenters. The van der Waals surface area contributed by atoms with Gasteiger partial charge in [0, 0.05) is 26.0 Å². The Labute approximate surface area is 164 Å². The van der Waals surface area contributed by atoms with Gasteiger partial charge in [0.1, 0.15) is 5.82 Å². The molecule has 0 radical (unpaired) electrons. The van der Waals surface area contributed by atoms with Crippen molar-refractivity contribution in [1.29, 1.82) is 0 Å². The molecule has 1 unspecified atom stereocenters. The lowest BCUT2D eigenvalue weighted by molar-refractivity contribution is 0.389. The molecule has 3 aromatic heterocycles. The van der Waals surface area contributed by atoms with Gasteiger partial charge in [0.25, 0.3) is 10.0 Å². The van der Waals surface area contributed by atoms with Crippen LogP contribution in [0.2, 0.25) is 0 Å². The van der Waals surface area contributed by atoms with Gasteiger partial charge in [-0.05, 0) is 43.5 Å². The third-order valence-corrected chi connectivity index (χ3v) is 6.65. The first-order valence-electron chi connectivity index (χ1n) is 9.09. The van der Waals surface area contributed by atoms with Crippen LogP contribution in [0.1, 0.15) is 30.1 Å². The first kappa shape index (κ1) is 18.6. The number of aromatic nitrogens is 4. The van der Waals surface area contributed by atoms with E-state index in [0.717, 1.165) is 35.6 Å². The van der Waals surface area contributed by atoms with Crippen LogP contribution in [0, 0.1) is 6.92 Å². The maximum Gasteiger partial charge on any atom is 0.262 e. The molecule has 0 bridgehead atoms. The van der Waals surface area contributed by atoms with Crippen LogP contribution in [0.25, 0.3) is 0 Å². The van der Waals surface area contributed by atoms with Crippen LogP contribution in [0.4, 0.5) is 11.5 Å². The maximum atomic E-state index is 13.0. The zero-order chi connectivity index (χ0) is 19.7. The predicted octanol–water partition coefficient (Wildman–Crippen LogP) is 2.79. The quantitative estimate of drug-likeness (QED) is 0.710. The highest BCUT2D eigenvalue weighted by Gasteiger charge is 2.38. The Kier molecular flexibility index (Phi) is 4.86. The molecule has 4 rings (SSSR count). The molecule has 1 aliphatic rings. The van der Waals surface area contributed by atoms with Gasteiger partial charge in [-0.15, -0.1) is 0 Å². The maximum absolute atomic E-state index is 13.0. The minimum absolute atomic E-state index is 0.0748. The summed E-state index contributed by atoms with van der Waals surface area (Å²) in [6, 6.07) is 7.37. The second-order valence-corrected chi connectivity index (χ2v) is 8.75. The van der Waals surface area contributed by atoms with E-state index in [2.05, 4.69) is 20.3 Å². The number of nitrogens with one attached hydrogen (secondary N) is 1. The highest BCUT2D eigenvalue weighted by atomic mass is 32.2. The highest BCUT2D eigenvalue weighted by Crippen LogP contribution is 2.35. The topological polar surface area (TPSA) is 93.0 Å². The lowest BCUT2D eigenvalue weighted by Gasteiger charge is -2.22. The molecule has 4 heterocycles. The molecule has 146 valence electrons. The number of hydrogen-bond acceptors (Lipinski definition) is 6. The van der Waals surface area contributed by atoms with Crippen LogP contribution >= 0.6 is 0 Å². The van der Waals surface area contributed by atoms with E-state index >= 15 is 0 Å². The van der Waals surface area contributed by atoms with Gasteiger partial charge in [0.05, 0.1) is 29.9 Å². The van der Waals surface area contributed by atoms with Crippen molar-refractivity contribution < 1.29 is 8.42 Å². The van der Waals surface area contributed by atoms with E-state index < -0.39 is 10.0 Å². The molecular formula is C19H22N6O2S. The smallest absolute Gasteiger partial charge is 0.262 e. The first-order valence-corrected chi connectivity index (χ1v) is 10.5. The molecule has 28 heavy (non-hydrogen) atoms. The monoisotopic (exact) mass is 398 g/mol. The Morgan fingerprint density at radius 1 is 1.18 bits per heavy atom. The third kappa shape index (κ3) is 3.50. The molecule has 1 saturated heterocycles. The minimum Gasteiger partial charge on any atom is -0.339 e. The van der Waals surface area contributed by atoms with Gasteiger partial charge in [-0.25, -0.2) is 18.4 Å². The van der Waals surface area contributed by atoms with Crippen molar-refractivity contribution in [3.63, 3.8) is 0 Å². The number of rotatable bonds is 5. The van der Waals surface area contributed by atoms with Gasteiger partial charge in [-0.2, -0.15) is 4.31 Å². The van der Waals surface area contributed by atoms with Gasteiger partial charge in [-0.1, -0.05) is 6.07 Å². The van der Waals surface area contributed by atoms with E-state index in [4.69, 9.17) is 0 Å². The van der Waals surface area contributed by atoms with E-state index in [1.165, 1.54) is 16.8 Å². The summed E-state index contributed by atoms with van der Waals surface area (Å²) in [5.74, 6) is 0.775. The van der Waals surface area contributed by atoms with Crippen molar-refractivity contribution in [2.24, 2.45) is 7.05 Å². The molecule has 0 amide bonds. The summed E-state index contributed by atoms with van der Waals surface area (Å²) < 4.78 is 29.1. The molecular weight excluding hydrogens is 376 g/mol. The van der Waals surface area contributed by atoms with E-state index in [0.29, 0.717) is 6.54 Å². The summed E-state index contributed by atoms with van der Waals surface area (Å²) in [5, 5.41) is 3.32. The molecule has 0 aliphatic carbocycles. The number of aryl methyl sites for hydroxylation is 2. The molecule has 0 spiro atoms. The van der Waals surface area contributed by atoms with E-state index in [1.54, 1.807) is 24.0 Å². The SMILES string of the molecule is Cc1cccnc1Nc1ccc(C2CCCN2S(=O)(=O)c2cn(C)cn2)nc1. The average molecular weight is 398 g/mol. The molecule has 3 aromatic rings. The second kappa shape index (κ2) is 7.33. The number of nitrogens with zero attached hydrogens (tertiary/aromatic N) is 5. The lowest BCUT2D eigenvalue weighted by atomic mass is 10.1. The Hall–Kier alpha value is -2.78. The van der Waals surface area contributed by atoms with Crippen molar-refractivity contribution in [3.05, 3.63) is 60.4 Å². The van der Waals surface area contributed by atoms with E-state index in [9.17, 15) is 8.42 Å². The van der Waals surface area contributed by atoms with E-state index in [-0.39, 0.29) is 11.1 Å². The second-order valence-electron chi connectivity index (χ2n) is 6.92. The zero-order valence-corrected chi connectivity index (χ0v) is 16.6. The summed E-state index contributed by atoms with van der Waals surface area (Å²) in [6.45, 7) is 2.45. The summed E-state index contributed by atoms with van der Waals surface area (Å²) >= 11 is 0. The summed E-state index contributed by atoms with van der Waals surface area (Å²) in [4.78, 5) is 12.9. The molecule has 1 aliphatic heterocycles. The largest absolute Gasteiger partial charge is 0.339 e. The Morgan fingerprint density at radius 3 is 2.71 bits per heavy atom. The standard InChI is InChI=1S/C19H22N6O2S/c1-14-5-3-9-20-19(14)23-15-7-8-16(21-11-15)17-6-4-10-25(17)28(26,27)18-12-24(2)13-22-18/h3,5,7-9,11-13,17H,4,6,10H2,1-2H3,(H,20,23). The lowest BCUT2D eigenvalue weighted by Crippen LogP contribution is -2.31. The van der Waals surface area contributed by atoms with Crippen molar-refractivity contribution in [2.45, 2.75) is 30.8 Å². The van der Waals surface area contributed by atoms with Crippen molar-refractivity contribution in [1.82, 2.24) is 23.8 Å². The average Bonchev–Trinajstić information content (AvgIpc) is 3.34. The Balaban J connectivity index is 1.56. The Bertz CT molecular complexity index is 1080. The fourth-order valence-corrected chi connectivity index (χ4v) is 5.03. The number of pyridine rings is 2. The molecule has 0 aromatic carbocycles. The predicted molar refractivity (Wildman–Crippen MR) is 106 cm³/mol. The van der Waals surface area contributed by atoms with Crippen LogP contribution < -0.4 is 5.32 Å². The number of anilines is 2. The van der Waals surface area contributed by atoms with Crippen LogP contribution in [0.5, 0.6) is 0 Å². The van der Waals surface area contributed by atoms with Gasteiger partial charge in [0.15, 0.2) is 5.03 Å². The van der Waals surface area contributed by atoms with Crippen LogP contribution in [0.3, 0.4) is 0 Å². The van der Waals surface area contributed by atoms with E-state index in [1.807, 2.05) is 31.2 Å². The van der Waals surface area contributed by atoms with Gasteiger partial charge in [-0.3, -0.25) is 4.98 Å². The van der Waals surface area contributed by atoms with Gasteiger partial charge >= 0.3 is 0 Å². The summed E-state index contributed by atoms with van der Waals surface area (Å²) in [6.07, 6.45) is 8.01. The van der Waals surface area contributed by atoms with Crippen LogP contribution in [0.15, 0.2) is 54.2 Å². The molecule has 1 fully saturated rings. The Morgan fingerprint density at radius 2 is 2.04 bits per heavy atom. The van der Waals surface area contributed by atoms with Crippen molar-refractivity contribution >= 4 is 21.5 Å². The minimum atomic E-state index is -3.64. The summed E-state index contributed by atoms with van der Waals surface area (Å²) in [7, 11) is -1.89. The summed E-state index contributed by atoms with van der Waals surface area (Å²) in [5.41, 5.74) is 2.58. The van der Waals surface area contributed by atoms with Gasteiger partial charge in [0.2, 0.25) is 0 Å². The molecule has 1 N–H and O–H groups in total. The third-order valence-electron chi connectivity index (χ3n) is 4.86. The van der Waals surface area contributed by atoms with Crippen LogP contribution in [-0.4, -0.2) is 38.8 Å². The highest BCUT2D eigenvalue weighted by molar-refractivity contribution is 7.89. The van der Waals surface area contributed by atoms with Gasteiger partial charge < -0.3 is 9.88 Å². The van der Waals surface area contributed by atoms with Crippen molar-refractivity contribution in [3.8, 4) is 0 Å². The fraction of sp³-hybridized carbons (Fsp3) is 0.316. The van der Waals surface area contributed by atoms with Crippen LogP contribution in [-0.2, 0) is 17.1 Å². The zero-order valence-electron chi connectivity index (χ0n) is 15.8.